The highest BCUT2D eigenvalue weighted by Gasteiger charge is 2.22. The first-order chi connectivity index (χ1) is 11.2. The SMILES string of the molecule is COC(=O)c1ccc(NC(=O)NC(C)(C)CCC(=O)O)cc1OC. The highest BCUT2D eigenvalue weighted by molar-refractivity contribution is 5.95. The van der Waals surface area contributed by atoms with Gasteiger partial charge in [-0.3, -0.25) is 4.79 Å². The molecule has 0 saturated carbocycles. The first-order valence-electron chi connectivity index (χ1n) is 7.26. The summed E-state index contributed by atoms with van der Waals surface area (Å²) in [6.07, 6.45) is 0.245. The summed E-state index contributed by atoms with van der Waals surface area (Å²) in [4.78, 5) is 34.3. The van der Waals surface area contributed by atoms with Crippen molar-refractivity contribution in [2.75, 3.05) is 19.5 Å². The van der Waals surface area contributed by atoms with Gasteiger partial charge in [0.15, 0.2) is 0 Å². The Kier molecular flexibility index (Phi) is 6.58. The molecule has 8 heteroatoms. The van der Waals surface area contributed by atoms with Crippen molar-refractivity contribution < 1.29 is 29.0 Å². The molecule has 0 aromatic heterocycles. The fourth-order valence-electron chi connectivity index (χ4n) is 2.00. The molecular weight excluding hydrogens is 316 g/mol. The number of nitrogens with one attached hydrogen (secondary N) is 2. The van der Waals surface area contributed by atoms with E-state index in [4.69, 9.17) is 9.84 Å². The van der Waals surface area contributed by atoms with Crippen LogP contribution in [0.3, 0.4) is 0 Å². The maximum atomic E-state index is 12.0. The van der Waals surface area contributed by atoms with E-state index < -0.39 is 23.5 Å². The van der Waals surface area contributed by atoms with Crippen molar-refractivity contribution in [1.29, 1.82) is 0 Å². The minimum Gasteiger partial charge on any atom is -0.496 e. The van der Waals surface area contributed by atoms with Gasteiger partial charge in [-0.25, -0.2) is 9.59 Å². The minimum absolute atomic E-state index is 0.0467. The number of urea groups is 1. The summed E-state index contributed by atoms with van der Waals surface area (Å²) >= 11 is 0. The lowest BCUT2D eigenvalue weighted by molar-refractivity contribution is -0.137. The summed E-state index contributed by atoms with van der Waals surface area (Å²) in [5.74, 6) is -1.20. The van der Waals surface area contributed by atoms with Gasteiger partial charge in [-0.05, 0) is 32.4 Å². The number of amides is 2. The van der Waals surface area contributed by atoms with Crippen LogP contribution >= 0.6 is 0 Å². The Morgan fingerprint density at radius 1 is 1.21 bits per heavy atom. The molecule has 2 amide bonds. The first-order valence-corrected chi connectivity index (χ1v) is 7.26. The zero-order valence-corrected chi connectivity index (χ0v) is 14.1. The zero-order chi connectivity index (χ0) is 18.3. The third-order valence-electron chi connectivity index (χ3n) is 3.28. The first kappa shape index (κ1) is 19.3. The number of methoxy groups -OCH3 is 2. The standard InChI is InChI=1S/C16H22N2O6/c1-16(2,8-7-13(19)20)18-15(22)17-10-5-6-11(14(21)24-4)12(9-10)23-3/h5-6,9H,7-8H2,1-4H3,(H,19,20)(H2,17,18,22). The molecule has 0 saturated heterocycles. The molecule has 1 aromatic rings. The number of esters is 1. The Balaban J connectivity index is 2.76. The van der Waals surface area contributed by atoms with Gasteiger partial charge in [-0.2, -0.15) is 0 Å². The normalized spacial score (nSPS) is 10.7. The number of hydrogen-bond donors (Lipinski definition) is 3. The zero-order valence-electron chi connectivity index (χ0n) is 14.1. The number of rotatable bonds is 7. The number of aliphatic carboxylic acids is 1. The molecule has 0 aliphatic heterocycles. The average Bonchev–Trinajstić information content (AvgIpc) is 2.51. The minimum atomic E-state index is -0.923. The molecular formula is C16H22N2O6. The lowest BCUT2D eigenvalue weighted by atomic mass is 9.99. The molecule has 0 bridgehead atoms. The van der Waals surface area contributed by atoms with E-state index in [0.29, 0.717) is 12.1 Å². The fourth-order valence-corrected chi connectivity index (χ4v) is 2.00. The number of carbonyl (C=O) groups is 3. The van der Waals surface area contributed by atoms with Crippen molar-refractivity contribution in [3.8, 4) is 5.75 Å². The largest absolute Gasteiger partial charge is 0.496 e. The van der Waals surface area contributed by atoms with Gasteiger partial charge in [0, 0.05) is 23.7 Å². The Hall–Kier alpha value is -2.77. The van der Waals surface area contributed by atoms with Crippen LogP contribution in [-0.4, -0.2) is 42.8 Å². The number of carboxylic acids is 1. The molecule has 132 valence electrons. The maximum Gasteiger partial charge on any atom is 0.341 e. The molecule has 0 aliphatic carbocycles. The molecule has 1 rings (SSSR count). The van der Waals surface area contributed by atoms with Gasteiger partial charge < -0.3 is 25.2 Å². The van der Waals surface area contributed by atoms with Gasteiger partial charge in [-0.1, -0.05) is 0 Å². The molecule has 0 fully saturated rings. The molecule has 0 atom stereocenters. The molecule has 3 N–H and O–H groups in total. The second-order valence-corrected chi connectivity index (χ2v) is 5.76. The lowest BCUT2D eigenvalue weighted by Crippen LogP contribution is -2.45. The number of hydrogen-bond acceptors (Lipinski definition) is 5. The highest BCUT2D eigenvalue weighted by Crippen LogP contribution is 2.24. The Bertz CT molecular complexity index is 627. The van der Waals surface area contributed by atoms with Crippen molar-refractivity contribution in [2.24, 2.45) is 0 Å². The predicted octanol–water partition coefficient (Wildman–Crippen LogP) is 2.25. The van der Waals surface area contributed by atoms with Crippen molar-refractivity contribution >= 4 is 23.7 Å². The molecule has 0 unspecified atom stereocenters. The molecule has 8 nitrogen and oxygen atoms in total. The third-order valence-corrected chi connectivity index (χ3v) is 3.28. The van der Waals surface area contributed by atoms with E-state index in [1.165, 1.54) is 26.4 Å². The van der Waals surface area contributed by atoms with Gasteiger partial charge in [0.1, 0.15) is 11.3 Å². The van der Waals surface area contributed by atoms with Crippen LogP contribution in [0.1, 0.15) is 37.0 Å². The molecule has 0 spiro atoms. The van der Waals surface area contributed by atoms with Crippen LogP contribution in [-0.2, 0) is 9.53 Å². The number of ether oxygens (including phenoxy) is 2. The molecule has 0 radical (unpaired) electrons. The summed E-state index contributed by atoms with van der Waals surface area (Å²) in [6.45, 7) is 3.47. The molecule has 0 aliphatic rings. The van der Waals surface area contributed by atoms with Crippen molar-refractivity contribution in [3.63, 3.8) is 0 Å². The van der Waals surface area contributed by atoms with E-state index >= 15 is 0 Å². The molecule has 1 aromatic carbocycles. The number of benzene rings is 1. The van der Waals surface area contributed by atoms with E-state index in [9.17, 15) is 14.4 Å². The van der Waals surface area contributed by atoms with Crippen LogP contribution in [0.25, 0.3) is 0 Å². The summed E-state index contributed by atoms with van der Waals surface area (Å²) < 4.78 is 9.76. The number of carbonyl (C=O) groups excluding carboxylic acids is 2. The summed E-state index contributed by atoms with van der Waals surface area (Å²) in [6, 6.07) is 4.03. The van der Waals surface area contributed by atoms with Gasteiger partial charge in [0.05, 0.1) is 14.2 Å². The Morgan fingerprint density at radius 3 is 2.42 bits per heavy atom. The second kappa shape index (κ2) is 8.19. The van der Waals surface area contributed by atoms with E-state index in [-0.39, 0.29) is 17.7 Å². The van der Waals surface area contributed by atoms with Crippen molar-refractivity contribution in [1.82, 2.24) is 5.32 Å². The Morgan fingerprint density at radius 2 is 1.88 bits per heavy atom. The van der Waals surface area contributed by atoms with E-state index in [1.807, 2.05) is 0 Å². The Labute approximate surface area is 140 Å². The van der Waals surface area contributed by atoms with Gasteiger partial charge >= 0.3 is 18.0 Å². The summed E-state index contributed by atoms with van der Waals surface area (Å²) in [5.41, 5.74) is -0.0165. The third kappa shape index (κ3) is 5.79. The van der Waals surface area contributed by atoms with Crippen LogP contribution in [0.5, 0.6) is 5.75 Å². The highest BCUT2D eigenvalue weighted by atomic mass is 16.5. The van der Waals surface area contributed by atoms with Gasteiger partial charge in [-0.15, -0.1) is 0 Å². The van der Waals surface area contributed by atoms with Crippen LogP contribution in [0.2, 0.25) is 0 Å². The number of carboxylic acid groups (broad SMARTS) is 1. The van der Waals surface area contributed by atoms with Crippen LogP contribution in [0.4, 0.5) is 10.5 Å². The molecule has 0 heterocycles. The van der Waals surface area contributed by atoms with Gasteiger partial charge in [0.25, 0.3) is 0 Å². The average molecular weight is 338 g/mol. The van der Waals surface area contributed by atoms with Crippen LogP contribution < -0.4 is 15.4 Å². The van der Waals surface area contributed by atoms with Crippen molar-refractivity contribution in [3.05, 3.63) is 23.8 Å². The quantitative estimate of drug-likeness (QED) is 0.657. The predicted molar refractivity (Wildman–Crippen MR) is 87.4 cm³/mol. The molecule has 24 heavy (non-hydrogen) atoms. The number of anilines is 1. The van der Waals surface area contributed by atoms with Crippen LogP contribution in [0, 0.1) is 0 Å². The van der Waals surface area contributed by atoms with E-state index in [2.05, 4.69) is 15.4 Å². The summed E-state index contributed by atoms with van der Waals surface area (Å²) in [7, 11) is 2.67. The smallest absolute Gasteiger partial charge is 0.341 e. The van der Waals surface area contributed by atoms with E-state index in [1.54, 1.807) is 19.9 Å². The van der Waals surface area contributed by atoms with Crippen LogP contribution in [0.15, 0.2) is 18.2 Å². The second-order valence-electron chi connectivity index (χ2n) is 5.76. The summed E-state index contributed by atoms with van der Waals surface area (Å²) in [5, 5.41) is 14.0. The fraction of sp³-hybridized carbons (Fsp3) is 0.438. The topological polar surface area (TPSA) is 114 Å². The lowest BCUT2D eigenvalue weighted by Gasteiger charge is -2.25. The van der Waals surface area contributed by atoms with Crippen molar-refractivity contribution in [2.45, 2.75) is 32.2 Å². The maximum absolute atomic E-state index is 12.0. The monoisotopic (exact) mass is 338 g/mol. The van der Waals surface area contributed by atoms with E-state index in [0.717, 1.165) is 0 Å². The van der Waals surface area contributed by atoms with Gasteiger partial charge in [0.2, 0.25) is 0 Å².